The van der Waals surface area contributed by atoms with Crippen molar-refractivity contribution in [1.82, 2.24) is 4.57 Å². The van der Waals surface area contributed by atoms with Crippen molar-refractivity contribution < 1.29 is 15.0 Å². The maximum atomic E-state index is 12.5. The SMILES string of the molecule is O=C(Nc1cccc2c(O)n(Cc3cccc(I)c3)c(O)c12)c1ccc(Cl)s1. The van der Waals surface area contributed by atoms with Crippen molar-refractivity contribution in [2.75, 3.05) is 5.32 Å². The van der Waals surface area contributed by atoms with Gasteiger partial charge in [0.2, 0.25) is 11.8 Å². The van der Waals surface area contributed by atoms with Crippen molar-refractivity contribution >= 4 is 67.9 Å². The maximum absolute atomic E-state index is 12.5. The van der Waals surface area contributed by atoms with Gasteiger partial charge in [0.05, 0.1) is 26.8 Å². The average molecular weight is 525 g/mol. The summed E-state index contributed by atoms with van der Waals surface area (Å²) in [5.74, 6) is -0.484. The van der Waals surface area contributed by atoms with E-state index in [1.54, 1.807) is 30.3 Å². The number of nitrogens with one attached hydrogen (secondary N) is 1. The van der Waals surface area contributed by atoms with Crippen LogP contribution >= 0.6 is 45.5 Å². The molecule has 4 aromatic rings. The van der Waals surface area contributed by atoms with E-state index in [1.165, 1.54) is 15.9 Å². The van der Waals surface area contributed by atoms with E-state index in [0.29, 0.717) is 32.2 Å². The fraction of sp³-hybridized carbons (Fsp3) is 0.0500. The van der Waals surface area contributed by atoms with Crippen LogP contribution in [0.3, 0.4) is 0 Å². The number of carbonyl (C=O) groups is 1. The predicted octanol–water partition coefficient (Wildman–Crippen LogP) is 5.67. The highest BCUT2D eigenvalue weighted by molar-refractivity contribution is 14.1. The number of hydrogen-bond acceptors (Lipinski definition) is 4. The number of halogens is 2. The fourth-order valence-electron chi connectivity index (χ4n) is 3.05. The average Bonchev–Trinajstić information content (AvgIpc) is 3.20. The lowest BCUT2D eigenvalue weighted by molar-refractivity contribution is 0.103. The molecule has 0 radical (unpaired) electrons. The first-order valence-electron chi connectivity index (χ1n) is 8.28. The molecule has 0 atom stereocenters. The number of amides is 1. The van der Waals surface area contributed by atoms with Crippen LogP contribution in [0.15, 0.2) is 54.6 Å². The van der Waals surface area contributed by atoms with Crippen molar-refractivity contribution in [1.29, 1.82) is 0 Å². The number of anilines is 1. The molecule has 2 aromatic carbocycles. The van der Waals surface area contributed by atoms with E-state index >= 15 is 0 Å². The van der Waals surface area contributed by atoms with Gasteiger partial charge in [-0.3, -0.25) is 9.36 Å². The van der Waals surface area contributed by atoms with E-state index in [1.807, 2.05) is 24.3 Å². The zero-order valence-corrected chi connectivity index (χ0v) is 18.0. The maximum Gasteiger partial charge on any atom is 0.265 e. The largest absolute Gasteiger partial charge is 0.494 e. The number of aromatic nitrogens is 1. The second kappa shape index (κ2) is 7.65. The van der Waals surface area contributed by atoms with Crippen molar-refractivity contribution in [3.63, 3.8) is 0 Å². The van der Waals surface area contributed by atoms with Crippen LogP contribution in [0.1, 0.15) is 15.2 Å². The number of thiophene rings is 1. The van der Waals surface area contributed by atoms with Crippen LogP contribution < -0.4 is 5.32 Å². The molecule has 0 unspecified atom stereocenters. The summed E-state index contributed by atoms with van der Waals surface area (Å²) < 4.78 is 3.01. The standard InChI is InChI=1S/C20H14ClIN2O3S/c21-16-8-7-15(28-16)18(25)23-14-6-2-5-13-17(14)20(27)24(19(13)26)10-11-3-1-4-12(22)9-11/h1-9,26-27H,10H2,(H,23,25). The van der Waals surface area contributed by atoms with Gasteiger partial charge in [0.25, 0.3) is 5.91 Å². The molecule has 8 heteroatoms. The van der Waals surface area contributed by atoms with E-state index < -0.39 is 0 Å². The third kappa shape index (κ3) is 3.57. The Morgan fingerprint density at radius 1 is 1.11 bits per heavy atom. The van der Waals surface area contributed by atoms with Gasteiger partial charge in [-0.05, 0) is 64.6 Å². The molecule has 0 saturated carbocycles. The van der Waals surface area contributed by atoms with Gasteiger partial charge in [-0.2, -0.15) is 0 Å². The topological polar surface area (TPSA) is 74.5 Å². The highest BCUT2D eigenvalue weighted by Crippen LogP contribution is 2.41. The summed E-state index contributed by atoms with van der Waals surface area (Å²) in [4.78, 5) is 13.0. The molecule has 0 aliphatic heterocycles. The minimum atomic E-state index is -0.325. The number of fused-ring (bicyclic) bond motifs is 1. The molecule has 0 aliphatic carbocycles. The van der Waals surface area contributed by atoms with Gasteiger partial charge in [0.1, 0.15) is 0 Å². The first kappa shape index (κ1) is 19.1. The Bertz CT molecular complexity index is 1200. The third-order valence-corrected chi connectivity index (χ3v) is 6.22. The Kier molecular flexibility index (Phi) is 5.22. The van der Waals surface area contributed by atoms with Gasteiger partial charge in [-0.15, -0.1) is 11.3 Å². The summed E-state index contributed by atoms with van der Waals surface area (Å²) >= 11 is 9.29. The van der Waals surface area contributed by atoms with Gasteiger partial charge in [0.15, 0.2) is 0 Å². The van der Waals surface area contributed by atoms with Crippen LogP contribution in [0.5, 0.6) is 11.8 Å². The third-order valence-electron chi connectivity index (χ3n) is 4.32. The van der Waals surface area contributed by atoms with Gasteiger partial charge >= 0.3 is 0 Å². The molecule has 0 spiro atoms. The highest BCUT2D eigenvalue weighted by atomic mass is 127. The number of nitrogens with zero attached hydrogens (tertiary/aromatic N) is 1. The molecule has 0 bridgehead atoms. The van der Waals surface area contributed by atoms with Gasteiger partial charge in [-0.25, -0.2) is 0 Å². The van der Waals surface area contributed by atoms with E-state index in [2.05, 4.69) is 27.9 Å². The molecule has 4 rings (SSSR count). The lowest BCUT2D eigenvalue weighted by Gasteiger charge is -2.08. The van der Waals surface area contributed by atoms with Crippen LogP contribution in [0, 0.1) is 3.57 Å². The molecule has 2 aromatic heterocycles. The highest BCUT2D eigenvalue weighted by Gasteiger charge is 2.20. The summed E-state index contributed by atoms with van der Waals surface area (Å²) in [6.07, 6.45) is 0. The molecule has 1 amide bonds. The van der Waals surface area contributed by atoms with Crippen LogP contribution in [0.4, 0.5) is 5.69 Å². The summed E-state index contributed by atoms with van der Waals surface area (Å²) in [5, 5.41) is 25.1. The molecule has 3 N–H and O–H groups in total. The first-order chi connectivity index (χ1) is 13.4. The van der Waals surface area contributed by atoms with Gasteiger partial charge in [0, 0.05) is 8.96 Å². The Balaban J connectivity index is 1.74. The molecular weight excluding hydrogens is 511 g/mol. The van der Waals surface area contributed by atoms with E-state index in [9.17, 15) is 15.0 Å². The molecule has 0 aliphatic rings. The second-order valence-corrected chi connectivity index (χ2v) is 9.11. The fourth-order valence-corrected chi connectivity index (χ4v) is 4.60. The van der Waals surface area contributed by atoms with Crippen molar-refractivity contribution in [2.45, 2.75) is 6.54 Å². The summed E-state index contributed by atoms with van der Waals surface area (Å²) in [7, 11) is 0. The number of carbonyl (C=O) groups excluding carboxylic acids is 1. The summed E-state index contributed by atoms with van der Waals surface area (Å²) in [5.41, 5.74) is 1.36. The summed E-state index contributed by atoms with van der Waals surface area (Å²) in [6, 6.07) is 16.2. The quantitative estimate of drug-likeness (QED) is 0.301. The number of rotatable bonds is 4. The monoisotopic (exact) mass is 524 g/mol. The van der Waals surface area contributed by atoms with E-state index in [0.717, 1.165) is 9.13 Å². The van der Waals surface area contributed by atoms with Gasteiger partial charge < -0.3 is 15.5 Å². The smallest absolute Gasteiger partial charge is 0.265 e. The number of aromatic hydroxyl groups is 2. The minimum Gasteiger partial charge on any atom is -0.494 e. The van der Waals surface area contributed by atoms with Gasteiger partial charge in [-0.1, -0.05) is 29.8 Å². The lowest BCUT2D eigenvalue weighted by Crippen LogP contribution is -2.10. The molecular formula is C20H14ClIN2O3S. The van der Waals surface area contributed by atoms with Crippen LogP contribution in [0.25, 0.3) is 10.8 Å². The summed E-state index contributed by atoms with van der Waals surface area (Å²) in [6.45, 7) is 0.303. The Morgan fingerprint density at radius 3 is 2.61 bits per heavy atom. The van der Waals surface area contributed by atoms with E-state index in [-0.39, 0.29) is 17.7 Å². The second-order valence-electron chi connectivity index (χ2n) is 6.15. The van der Waals surface area contributed by atoms with Crippen molar-refractivity contribution in [2.24, 2.45) is 0 Å². The zero-order chi connectivity index (χ0) is 19.8. The van der Waals surface area contributed by atoms with E-state index in [4.69, 9.17) is 11.6 Å². The van der Waals surface area contributed by atoms with Crippen LogP contribution in [-0.2, 0) is 6.54 Å². The zero-order valence-electron chi connectivity index (χ0n) is 14.3. The Morgan fingerprint density at radius 2 is 1.89 bits per heavy atom. The molecule has 0 fully saturated rings. The van der Waals surface area contributed by atoms with Crippen molar-refractivity contribution in [3.05, 3.63) is 72.9 Å². The number of benzene rings is 2. The minimum absolute atomic E-state index is 0.0540. The Labute approximate surface area is 183 Å². The molecule has 28 heavy (non-hydrogen) atoms. The first-order valence-corrected chi connectivity index (χ1v) is 10.6. The molecule has 0 saturated heterocycles. The normalized spacial score (nSPS) is 11.1. The molecule has 142 valence electrons. The van der Waals surface area contributed by atoms with Crippen LogP contribution in [0.2, 0.25) is 4.34 Å². The molecule has 2 heterocycles. The molecule has 5 nitrogen and oxygen atoms in total. The predicted molar refractivity (Wildman–Crippen MR) is 121 cm³/mol. The Hall–Kier alpha value is -2.23. The number of hydrogen-bond donors (Lipinski definition) is 3. The lowest BCUT2D eigenvalue weighted by atomic mass is 10.2. The van der Waals surface area contributed by atoms with Crippen LogP contribution in [-0.4, -0.2) is 20.7 Å². The van der Waals surface area contributed by atoms with Crippen molar-refractivity contribution in [3.8, 4) is 11.8 Å².